The minimum Gasteiger partial charge on any atom is -0.472 e. The molecule has 0 unspecified atom stereocenters. The van der Waals surface area contributed by atoms with E-state index in [1.807, 2.05) is 4.90 Å². The summed E-state index contributed by atoms with van der Waals surface area (Å²) in [6, 6.07) is 1.72. The van der Waals surface area contributed by atoms with E-state index < -0.39 is 0 Å². The van der Waals surface area contributed by atoms with Crippen molar-refractivity contribution in [2.24, 2.45) is 0 Å². The molecule has 116 valence electrons. The maximum Gasteiger partial charge on any atom is 0.257 e. The molecule has 2 fully saturated rings. The van der Waals surface area contributed by atoms with Gasteiger partial charge in [0, 0.05) is 26.2 Å². The van der Waals surface area contributed by atoms with Gasteiger partial charge >= 0.3 is 0 Å². The van der Waals surface area contributed by atoms with Gasteiger partial charge in [-0.15, -0.1) is 0 Å². The molecule has 3 rings (SSSR count). The highest BCUT2D eigenvalue weighted by Crippen LogP contribution is 2.11. The number of hydrogen-bond donors (Lipinski definition) is 0. The number of rotatable bonds is 3. The van der Waals surface area contributed by atoms with E-state index in [0.29, 0.717) is 25.4 Å². The molecule has 2 aliphatic heterocycles. The number of ether oxygens (including phenoxy) is 2. The van der Waals surface area contributed by atoms with E-state index in [1.54, 1.807) is 6.07 Å². The summed E-state index contributed by atoms with van der Waals surface area (Å²) in [5.41, 5.74) is 0.632. The molecule has 0 radical (unpaired) electrons. The average Bonchev–Trinajstić information content (AvgIpc) is 2.95. The first-order valence-corrected chi connectivity index (χ1v) is 7.56. The Hall–Kier alpha value is -1.37. The molecule has 0 spiro atoms. The molecular formula is C15H22N2O4. The summed E-state index contributed by atoms with van der Waals surface area (Å²) in [5.74, 6) is 0.0582. The molecule has 1 aromatic rings. The molecule has 2 saturated heterocycles. The lowest BCUT2D eigenvalue weighted by Gasteiger charge is -2.29. The van der Waals surface area contributed by atoms with Crippen molar-refractivity contribution in [3.05, 3.63) is 24.2 Å². The molecule has 0 N–H and O–H groups in total. The zero-order valence-corrected chi connectivity index (χ0v) is 12.2. The van der Waals surface area contributed by atoms with Gasteiger partial charge in [-0.25, -0.2) is 0 Å². The van der Waals surface area contributed by atoms with Gasteiger partial charge < -0.3 is 18.8 Å². The highest BCUT2D eigenvalue weighted by Gasteiger charge is 2.23. The second kappa shape index (κ2) is 7.06. The molecule has 0 bridgehead atoms. The van der Waals surface area contributed by atoms with Crippen LogP contribution >= 0.6 is 0 Å². The molecule has 1 aromatic heterocycles. The number of carbonyl (C=O) groups excluding carboxylic acids is 1. The van der Waals surface area contributed by atoms with Gasteiger partial charge in [-0.1, -0.05) is 0 Å². The monoisotopic (exact) mass is 294 g/mol. The number of amides is 1. The second-order valence-corrected chi connectivity index (χ2v) is 5.53. The standard InChI is InChI=1S/C15H22N2O4/c18-15(13-2-7-19-11-13)17-4-1-3-16(5-6-17)10-14-12-20-8-9-21-14/h2,7,11,14H,1,3-6,8-10,12H2/t14-/m0/s1. The third-order valence-corrected chi connectivity index (χ3v) is 3.99. The Morgan fingerprint density at radius 2 is 2.19 bits per heavy atom. The van der Waals surface area contributed by atoms with Gasteiger partial charge in [0.2, 0.25) is 0 Å². The van der Waals surface area contributed by atoms with Gasteiger partial charge in [0.25, 0.3) is 5.91 Å². The third-order valence-electron chi connectivity index (χ3n) is 3.99. The molecule has 21 heavy (non-hydrogen) atoms. The minimum atomic E-state index is 0.0582. The van der Waals surface area contributed by atoms with Crippen LogP contribution < -0.4 is 0 Å². The fraction of sp³-hybridized carbons (Fsp3) is 0.667. The Kier molecular flexibility index (Phi) is 4.90. The Bertz CT molecular complexity index is 443. The molecule has 6 nitrogen and oxygen atoms in total. The Morgan fingerprint density at radius 3 is 2.95 bits per heavy atom. The van der Waals surface area contributed by atoms with E-state index >= 15 is 0 Å². The van der Waals surface area contributed by atoms with Crippen LogP contribution in [0.4, 0.5) is 0 Å². The van der Waals surface area contributed by atoms with Crippen LogP contribution in [0, 0.1) is 0 Å². The van der Waals surface area contributed by atoms with E-state index in [2.05, 4.69) is 4.90 Å². The van der Waals surface area contributed by atoms with Gasteiger partial charge in [-0.2, -0.15) is 0 Å². The Labute approximate surface area is 124 Å². The zero-order chi connectivity index (χ0) is 14.5. The van der Waals surface area contributed by atoms with Crippen LogP contribution in [0.2, 0.25) is 0 Å². The lowest BCUT2D eigenvalue weighted by Crippen LogP contribution is -2.42. The fourth-order valence-electron chi connectivity index (χ4n) is 2.86. The first-order valence-electron chi connectivity index (χ1n) is 7.56. The molecule has 0 saturated carbocycles. The Balaban J connectivity index is 1.50. The SMILES string of the molecule is O=C(c1ccoc1)N1CCCN(C[C@H]2COCCO2)CC1. The largest absolute Gasteiger partial charge is 0.472 e. The minimum absolute atomic E-state index is 0.0582. The molecule has 2 aliphatic rings. The number of carbonyl (C=O) groups is 1. The molecule has 0 aliphatic carbocycles. The number of nitrogens with zero attached hydrogens (tertiary/aromatic N) is 2. The van der Waals surface area contributed by atoms with Gasteiger partial charge in [-0.3, -0.25) is 9.69 Å². The quantitative estimate of drug-likeness (QED) is 0.827. The molecule has 0 aromatic carbocycles. The summed E-state index contributed by atoms with van der Waals surface area (Å²) >= 11 is 0. The van der Waals surface area contributed by atoms with Crippen LogP contribution in [-0.2, 0) is 9.47 Å². The van der Waals surface area contributed by atoms with Crippen molar-refractivity contribution in [1.29, 1.82) is 0 Å². The average molecular weight is 294 g/mol. The molecule has 1 atom stereocenters. The van der Waals surface area contributed by atoms with Crippen LogP contribution in [0.1, 0.15) is 16.8 Å². The maximum absolute atomic E-state index is 12.3. The summed E-state index contributed by atoms with van der Waals surface area (Å²) < 4.78 is 16.1. The van der Waals surface area contributed by atoms with Crippen molar-refractivity contribution in [2.45, 2.75) is 12.5 Å². The molecule has 1 amide bonds. The van der Waals surface area contributed by atoms with Crippen LogP contribution in [0.3, 0.4) is 0 Å². The van der Waals surface area contributed by atoms with Crippen molar-refractivity contribution >= 4 is 5.91 Å². The predicted octanol–water partition coefficient (Wildman–Crippen LogP) is 0.843. The van der Waals surface area contributed by atoms with Crippen molar-refractivity contribution in [1.82, 2.24) is 9.80 Å². The van der Waals surface area contributed by atoms with Crippen LogP contribution in [0.15, 0.2) is 23.0 Å². The lowest BCUT2D eigenvalue weighted by atomic mass is 10.3. The zero-order valence-electron chi connectivity index (χ0n) is 12.2. The summed E-state index contributed by atoms with van der Waals surface area (Å²) in [6.45, 7) is 6.35. The van der Waals surface area contributed by atoms with E-state index in [0.717, 1.165) is 39.1 Å². The summed E-state index contributed by atoms with van der Waals surface area (Å²) in [5, 5.41) is 0. The van der Waals surface area contributed by atoms with Crippen LogP contribution in [0.5, 0.6) is 0 Å². The van der Waals surface area contributed by atoms with Crippen LogP contribution in [-0.4, -0.2) is 74.4 Å². The van der Waals surface area contributed by atoms with Crippen LogP contribution in [0.25, 0.3) is 0 Å². The Morgan fingerprint density at radius 1 is 1.24 bits per heavy atom. The summed E-state index contributed by atoms with van der Waals surface area (Å²) in [6.07, 6.45) is 4.20. The van der Waals surface area contributed by atoms with Crippen molar-refractivity contribution in [2.75, 3.05) is 52.5 Å². The highest BCUT2D eigenvalue weighted by molar-refractivity contribution is 5.93. The fourth-order valence-corrected chi connectivity index (χ4v) is 2.86. The summed E-state index contributed by atoms with van der Waals surface area (Å²) in [7, 11) is 0. The predicted molar refractivity (Wildman–Crippen MR) is 76.2 cm³/mol. The summed E-state index contributed by atoms with van der Waals surface area (Å²) in [4.78, 5) is 16.6. The third kappa shape index (κ3) is 3.84. The molecule has 3 heterocycles. The first kappa shape index (κ1) is 14.6. The first-order chi connectivity index (χ1) is 10.3. The van der Waals surface area contributed by atoms with E-state index in [-0.39, 0.29) is 12.0 Å². The van der Waals surface area contributed by atoms with Crippen molar-refractivity contribution < 1.29 is 18.7 Å². The van der Waals surface area contributed by atoms with Gasteiger partial charge in [0.1, 0.15) is 6.26 Å². The second-order valence-electron chi connectivity index (χ2n) is 5.53. The van der Waals surface area contributed by atoms with Gasteiger partial charge in [0.05, 0.1) is 37.8 Å². The van der Waals surface area contributed by atoms with E-state index in [1.165, 1.54) is 12.5 Å². The van der Waals surface area contributed by atoms with Gasteiger partial charge in [0.15, 0.2) is 0 Å². The number of hydrogen-bond acceptors (Lipinski definition) is 5. The number of furan rings is 1. The van der Waals surface area contributed by atoms with Gasteiger partial charge in [-0.05, 0) is 19.0 Å². The highest BCUT2D eigenvalue weighted by atomic mass is 16.6. The molecular weight excluding hydrogens is 272 g/mol. The smallest absolute Gasteiger partial charge is 0.257 e. The van der Waals surface area contributed by atoms with Crippen molar-refractivity contribution in [3.8, 4) is 0 Å². The van der Waals surface area contributed by atoms with E-state index in [9.17, 15) is 4.79 Å². The normalized spacial score (nSPS) is 24.8. The lowest BCUT2D eigenvalue weighted by molar-refractivity contribution is -0.0971. The van der Waals surface area contributed by atoms with Crippen molar-refractivity contribution in [3.63, 3.8) is 0 Å². The topological polar surface area (TPSA) is 55.2 Å². The maximum atomic E-state index is 12.3. The molecule has 6 heteroatoms. The van der Waals surface area contributed by atoms with E-state index in [4.69, 9.17) is 13.9 Å².